The summed E-state index contributed by atoms with van der Waals surface area (Å²) in [5, 5.41) is 16.7. The third-order valence-electron chi connectivity index (χ3n) is 7.17. The maximum atomic E-state index is 14.2. The van der Waals surface area contributed by atoms with Gasteiger partial charge < -0.3 is 20.5 Å². The van der Waals surface area contributed by atoms with Crippen molar-refractivity contribution in [3.05, 3.63) is 91.9 Å². The first-order valence-corrected chi connectivity index (χ1v) is 13.4. The molecule has 0 radical (unpaired) electrons. The molecule has 0 aliphatic carbocycles. The summed E-state index contributed by atoms with van der Waals surface area (Å²) in [5.41, 5.74) is -0.538. The highest BCUT2D eigenvalue weighted by atomic mass is 79.9. The van der Waals surface area contributed by atoms with Crippen LogP contribution >= 0.6 is 39.1 Å². The summed E-state index contributed by atoms with van der Waals surface area (Å²) in [5.74, 6) is -2.14. The van der Waals surface area contributed by atoms with Crippen molar-refractivity contribution in [3.8, 4) is 5.75 Å². The summed E-state index contributed by atoms with van der Waals surface area (Å²) in [6, 6.07) is 16.5. The molecule has 2 aliphatic rings. The van der Waals surface area contributed by atoms with Crippen LogP contribution in [0.25, 0.3) is 0 Å². The second-order valence-electron chi connectivity index (χ2n) is 9.92. The number of amides is 2. The van der Waals surface area contributed by atoms with Crippen LogP contribution in [0.2, 0.25) is 10.0 Å². The Kier molecular flexibility index (Phi) is 6.70. The second-order valence-corrected chi connectivity index (χ2v) is 11.7. The monoisotopic (exact) mass is 616 g/mol. The lowest BCUT2D eigenvalue weighted by Gasteiger charge is -2.47. The minimum absolute atomic E-state index is 0.0249. The molecule has 3 N–H and O–H groups in total. The van der Waals surface area contributed by atoms with Gasteiger partial charge in [-0.1, -0.05) is 57.3 Å². The van der Waals surface area contributed by atoms with E-state index in [2.05, 4.69) is 26.6 Å². The summed E-state index contributed by atoms with van der Waals surface area (Å²) in [4.78, 5) is 39.4. The van der Waals surface area contributed by atoms with Crippen LogP contribution in [0, 0.1) is 0 Å². The van der Waals surface area contributed by atoms with Gasteiger partial charge in [-0.3, -0.25) is 9.59 Å². The SMILES string of the molecule is CC(C)(Oc1ccc(Br)cc1[C@H]1NC(=O)C[C@@H](c2cccc(Cl)c2)[C@]12C(=O)Nc1cc(Cl)ccc12)C(=O)O. The standard InChI is InChI=1S/C28H23BrCl2N2O5/c1-27(2,26(36)37)38-22-9-6-15(29)11-18(22)24-28(19-8-7-17(31)12-21(19)32-25(28)35)20(13-23(34)33-24)14-4-3-5-16(30)10-14/h3-12,20,24H,13H2,1-2H3,(H,32,35)(H,33,34)(H,36,37)/t20-,24+,28-/m0/s1. The van der Waals surface area contributed by atoms with Crippen LogP contribution in [0.4, 0.5) is 5.69 Å². The number of piperidine rings is 1. The molecule has 1 saturated heterocycles. The Morgan fingerprint density at radius 2 is 1.82 bits per heavy atom. The molecule has 2 aliphatic heterocycles. The van der Waals surface area contributed by atoms with E-state index >= 15 is 0 Å². The van der Waals surface area contributed by atoms with Crippen molar-refractivity contribution >= 4 is 62.6 Å². The molecular formula is C28H23BrCl2N2O5. The fourth-order valence-electron chi connectivity index (χ4n) is 5.43. The van der Waals surface area contributed by atoms with Crippen molar-refractivity contribution in [3.63, 3.8) is 0 Å². The zero-order valence-electron chi connectivity index (χ0n) is 20.3. The fraction of sp³-hybridized carbons (Fsp3) is 0.250. The van der Waals surface area contributed by atoms with Crippen molar-refractivity contribution < 1.29 is 24.2 Å². The Hall–Kier alpha value is -3.07. The number of hydrogen-bond acceptors (Lipinski definition) is 4. The van der Waals surface area contributed by atoms with E-state index < -0.39 is 28.9 Å². The number of rotatable bonds is 5. The average Bonchev–Trinajstić information content (AvgIpc) is 3.12. The lowest BCUT2D eigenvalue weighted by Crippen LogP contribution is -2.57. The van der Waals surface area contributed by atoms with Gasteiger partial charge in [0, 0.05) is 38.1 Å². The van der Waals surface area contributed by atoms with Crippen molar-refractivity contribution in [2.45, 2.75) is 43.2 Å². The molecule has 0 unspecified atom stereocenters. The van der Waals surface area contributed by atoms with Gasteiger partial charge in [0.1, 0.15) is 11.2 Å². The van der Waals surface area contributed by atoms with Crippen LogP contribution in [-0.2, 0) is 19.8 Å². The molecule has 0 bridgehead atoms. The number of halogens is 3. The number of fused-ring (bicyclic) bond motifs is 2. The summed E-state index contributed by atoms with van der Waals surface area (Å²) < 4.78 is 6.66. The van der Waals surface area contributed by atoms with Crippen LogP contribution in [-0.4, -0.2) is 28.5 Å². The molecule has 3 aromatic rings. The van der Waals surface area contributed by atoms with E-state index in [1.807, 2.05) is 6.07 Å². The number of carbonyl (C=O) groups excluding carboxylic acids is 2. The third-order valence-corrected chi connectivity index (χ3v) is 8.13. The van der Waals surface area contributed by atoms with Crippen LogP contribution in [0.1, 0.15) is 48.9 Å². The molecule has 2 amide bonds. The van der Waals surface area contributed by atoms with Crippen LogP contribution in [0.5, 0.6) is 5.75 Å². The fourth-order valence-corrected chi connectivity index (χ4v) is 6.18. The average molecular weight is 618 g/mol. The van der Waals surface area contributed by atoms with E-state index in [4.69, 9.17) is 27.9 Å². The number of ether oxygens (including phenoxy) is 1. The van der Waals surface area contributed by atoms with Crippen LogP contribution < -0.4 is 15.4 Å². The highest BCUT2D eigenvalue weighted by molar-refractivity contribution is 9.10. The van der Waals surface area contributed by atoms with Crippen LogP contribution in [0.3, 0.4) is 0 Å². The van der Waals surface area contributed by atoms with E-state index in [-0.39, 0.29) is 24.0 Å². The number of nitrogens with one attached hydrogen (secondary N) is 2. The molecule has 1 fully saturated rings. The van der Waals surface area contributed by atoms with Gasteiger partial charge in [-0.05, 0) is 67.4 Å². The molecule has 1 spiro atoms. The maximum Gasteiger partial charge on any atom is 0.347 e. The summed E-state index contributed by atoms with van der Waals surface area (Å²) in [7, 11) is 0. The maximum absolute atomic E-state index is 14.2. The van der Waals surface area contributed by atoms with Gasteiger partial charge in [-0.25, -0.2) is 4.79 Å². The van der Waals surface area contributed by atoms with Crippen LogP contribution in [0.15, 0.2) is 65.1 Å². The lowest BCUT2D eigenvalue weighted by atomic mass is 9.59. The Balaban J connectivity index is 1.80. The first kappa shape index (κ1) is 26.5. The second kappa shape index (κ2) is 9.59. The molecule has 3 aromatic carbocycles. The van der Waals surface area contributed by atoms with E-state index in [1.54, 1.807) is 54.6 Å². The number of carboxylic acid groups (broad SMARTS) is 1. The largest absolute Gasteiger partial charge is 0.478 e. The van der Waals surface area contributed by atoms with Crippen molar-refractivity contribution in [2.24, 2.45) is 0 Å². The lowest BCUT2D eigenvalue weighted by molar-refractivity contribution is -0.152. The number of aliphatic carboxylic acids is 1. The summed E-state index contributed by atoms with van der Waals surface area (Å²) >= 11 is 16.1. The van der Waals surface area contributed by atoms with Crippen molar-refractivity contribution in [1.29, 1.82) is 0 Å². The number of anilines is 1. The predicted molar refractivity (Wildman–Crippen MR) is 148 cm³/mol. The summed E-state index contributed by atoms with van der Waals surface area (Å²) in [6.45, 7) is 2.87. The van der Waals surface area contributed by atoms with E-state index in [0.717, 1.165) is 5.56 Å². The summed E-state index contributed by atoms with van der Waals surface area (Å²) in [6.07, 6.45) is 0.0249. The normalized spacial score (nSPS) is 22.6. The minimum Gasteiger partial charge on any atom is -0.478 e. The number of benzene rings is 3. The van der Waals surface area contributed by atoms with Crippen molar-refractivity contribution in [2.75, 3.05) is 5.32 Å². The van der Waals surface area contributed by atoms with Gasteiger partial charge in [0.15, 0.2) is 5.60 Å². The van der Waals surface area contributed by atoms with Gasteiger partial charge in [0.2, 0.25) is 11.8 Å². The molecule has 38 heavy (non-hydrogen) atoms. The number of carbonyl (C=O) groups is 3. The Morgan fingerprint density at radius 1 is 1.08 bits per heavy atom. The molecule has 5 rings (SSSR count). The quantitative estimate of drug-likeness (QED) is 0.315. The van der Waals surface area contributed by atoms with Gasteiger partial charge in [-0.15, -0.1) is 0 Å². The van der Waals surface area contributed by atoms with Gasteiger partial charge >= 0.3 is 5.97 Å². The highest BCUT2D eigenvalue weighted by Gasteiger charge is 2.61. The molecule has 0 aromatic heterocycles. The number of hydrogen-bond donors (Lipinski definition) is 3. The smallest absolute Gasteiger partial charge is 0.347 e. The molecule has 0 saturated carbocycles. The van der Waals surface area contributed by atoms with E-state index in [0.29, 0.717) is 31.3 Å². The molecule has 196 valence electrons. The molecule has 7 nitrogen and oxygen atoms in total. The molecule has 2 heterocycles. The highest BCUT2D eigenvalue weighted by Crippen LogP contribution is 2.58. The van der Waals surface area contributed by atoms with Gasteiger partial charge in [0.05, 0.1) is 6.04 Å². The van der Waals surface area contributed by atoms with Gasteiger partial charge in [0.25, 0.3) is 0 Å². The van der Waals surface area contributed by atoms with Gasteiger partial charge in [-0.2, -0.15) is 0 Å². The number of carboxylic acids is 1. The minimum atomic E-state index is -1.58. The topological polar surface area (TPSA) is 105 Å². The molecule has 3 atom stereocenters. The zero-order valence-corrected chi connectivity index (χ0v) is 23.4. The van der Waals surface area contributed by atoms with E-state index in [1.165, 1.54) is 13.8 Å². The van der Waals surface area contributed by atoms with E-state index in [9.17, 15) is 19.5 Å². The first-order chi connectivity index (χ1) is 17.9. The third kappa shape index (κ3) is 4.34. The Morgan fingerprint density at radius 3 is 2.53 bits per heavy atom. The zero-order chi connectivity index (χ0) is 27.4. The molecule has 10 heteroatoms. The molecular weight excluding hydrogens is 595 g/mol. The Bertz CT molecular complexity index is 1490. The first-order valence-electron chi connectivity index (χ1n) is 11.8. The Labute approximate surface area is 237 Å². The predicted octanol–water partition coefficient (Wildman–Crippen LogP) is 6.23. The van der Waals surface area contributed by atoms with Crippen molar-refractivity contribution in [1.82, 2.24) is 5.32 Å².